The van der Waals surface area contributed by atoms with Crippen LogP contribution in [0.1, 0.15) is 6.92 Å². The fraction of sp³-hybridized carbons (Fsp3) is 0.125. The molecule has 10 heavy (non-hydrogen) atoms. The van der Waals surface area contributed by atoms with E-state index in [2.05, 4.69) is 12.2 Å². The molecule has 1 nitrogen and oxygen atoms in total. The molecule has 0 saturated heterocycles. The first kappa shape index (κ1) is 9.11. The van der Waals surface area contributed by atoms with Crippen LogP contribution in [0.4, 0.5) is 5.69 Å². The standard InChI is InChI=1S/C6H7N.C2H4S/c7-6-4-2-1-3-5-6;1-2-3/h1-5H,7H2;2H,1H3. The van der Waals surface area contributed by atoms with Gasteiger partial charge in [0.05, 0.1) is 0 Å². The van der Waals surface area contributed by atoms with Crippen molar-refractivity contribution in [2.75, 3.05) is 5.73 Å². The summed E-state index contributed by atoms with van der Waals surface area (Å²) < 4.78 is 0. The molecule has 0 aromatic heterocycles. The lowest BCUT2D eigenvalue weighted by atomic mass is 10.3. The SMILES string of the molecule is CC=S.Nc1ccccc1. The Labute approximate surface area is 66.9 Å². The van der Waals surface area contributed by atoms with Gasteiger partial charge in [0.25, 0.3) is 0 Å². The predicted octanol–water partition coefficient (Wildman–Crippen LogP) is 2.27. The molecule has 1 aromatic rings. The lowest BCUT2D eigenvalue weighted by Crippen LogP contribution is -1.79. The van der Waals surface area contributed by atoms with E-state index in [0.29, 0.717) is 0 Å². The van der Waals surface area contributed by atoms with Crippen molar-refractivity contribution < 1.29 is 0 Å². The molecule has 0 bridgehead atoms. The minimum Gasteiger partial charge on any atom is -0.399 e. The summed E-state index contributed by atoms with van der Waals surface area (Å²) in [6, 6.07) is 9.49. The smallest absolute Gasteiger partial charge is 0.0313 e. The first-order valence-electron chi connectivity index (χ1n) is 3.01. The monoisotopic (exact) mass is 153 g/mol. The summed E-state index contributed by atoms with van der Waals surface area (Å²) in [6.45, 7) is 1.81. The molecule has 0 heterocycles. The number of para-hydroxylation sites is 1. The van der Waals surface area contributed by atoms with Crippen molar-refractivity contribution in [3.8, 4) is 0 Å². The zero-order valence-corrected chi connectivity index (χ0v) is 6.77. The van der Waals surface area contributed by atoms with E-state index in [1.807, 2.05) is 37.3 Å². The van der Waals surface area contributed by atoms with Crippen LogP contribution in [0, 0.1) is 0 Å². The van der Waals surface area contributed by atoms with Gasteiger partial charge in [-0.15, -0.1) is 0 Å². The predicted molar refractivity (Wildman–Crippen MR) is 50.2 cm³/mol. The van der Waals surface area contributed by atoms with E-state index in [4.69, 9.17) is 5.73 Å². The summed E-state index contributed by atoms with van der Waals surface area (Å²) in [6.07, 6.45) is 0. The van der Waals surface area contributed by atoms with Crippen LogP contribution in [-0.2, 0) is 0 Å². The van der Waals surface area contributed by atoms with Crippen molar-refractivity contribution in [2.45, 2.75) is 6.92 Å². The number of thiocarbonyl (C=S) groups is 1. The van der Waals surface area contributed by atoms with Crippen LogP contribution >= 0.6 is 12.2 Å². The maximum atomic E-state index is 5.36. The van der Waals surface area contributed by atoms with Gasteiger partial charge in [-0.2, -0.15) is 0 Å². The highest BCUT2D eigenvalue weighted by atomic mass is 32.1. The molecule has 0 radical (unpaired) electrons. The molecule has 0 unspecified atom stereocenters. The van der Waals surface area contributed by atoms with Crippen molar-refractivity contribution in [3.05, 3.63) is 30.3 Å². The van der Waals surface area contributed by atoms with Gasteiger partial charge in [-0.3, -0.25) is 0 Å². The second-order valence-corrected chi connectivity index (χ2v) is 2.12. The number of hydrogen-bond donors (Lipinski definition) is 1. The first-order valence-corrected chi connectivity index (χ1v) is 3.48. The minimum absolute atomic E-state index is 0.822. The van der Waals surface area contributed by atoms with Gasteiger partial charge in [-0.25, -0.2) is 0 Å². The normalized spacial score (nSPS) is 7.30. The molecule has 0 aliphatic heterocycles. The number of nitrogens with two attached hydrogens (primary N) is 1. The van der Waals surface area contributed by atoms with Crippen LogP contribution in [0.25, 0.3) is 0 Å². The van der Waals surface area contributed by atoms with Gasteiger partial charge in [0.1, 0.15) is 0 Å². The van der Waals surface area contributed by atoms with Crippen molar-refractivity contribution in [2.24, 2.45) is 0 Å². The molecule has 0 aliphatic carbocycles. The van der Waals surface area contributed by atoms with E-state index in [1.165, 1.54) is 0 Å². The first-order chi connectivity index (χ1) is 4.81. The third-order valence-corrected chi connectivity index (χ3v) is 0.800. The van der Waals surface area contributed by atoms with E-state index >= 15 is 0 Å². The highest BCUT2D eigenvalue weighted by Crippen LogP contribution is 1.95. The molecule has 0 amide bonds. The summed E-state index contributed by atoms with van der Waals surface area (Å²) >= 11 is 4.27. The van der Waals surface area contributed by atoms with E-state index < -0.39 is 0 Å². The molecule has 1 aromatic carbocycles. The molecule has 0 saturated carbocycles. The third-order valence-electron chi connectivity index (χ3n) is 0.800. The zero-order valence-electron chi connectivity index (χ0n) is 5.95. The van der Waals surface area contributed by atoms with E-state index in [0.717, 1.165) is 5.69 Å². The molecular weight excluding hydrogens is 142 g/mol. The zero-order chi connectivity index (χ0) is 7.82. The molecule has 1 rings (SSSR count). The Balaban J connectivity index is 0.000000236. The lowest BCUT2D eigenvalue weighted by Gasteiger charge is -1.83. The number of nitrogen functional groups attached to an aromatic ring is 1. The Morgan fingerprint density at radius 1 is 1.30 bits per heavy atom. The number of rotatable bonds is 0. The Kier molecular flexibility index (Phi) is 5.68. The van der Waals surface area contributed by atoms with Crippen LogP contribution < -0.4 is 5.73 Å². The Bertz CT molecular complexity index is 172. The van der Waals surface area contributed by atoms with Crippen LogP contribution in [-0.4, -0.2) is 5.37 Å². The molecule has 2 heteroatoms. The topological polar surface area (TPSA) is 26.0 Å². The molecule has 0 spiro atoms. The Morgan fingerprint density at radius 3 is 1.90 bits per heavy atom. The minimum atomic E-state index is 0.822. The summed E-state index contributed by atoms with van der Waals surface area (Å²) in [5, 5.41) is 1.58. The van der Waals surface area contributed by atoms with E-state index in [-0.39, 0.29) is 0 Å². The molecule has 0 fully saturated rings. The van der Waals surface area contributed by atoms with Gasteiger partial charge >= 0.3 is 0 Å². The Hall–Kier alpha value is -0.890. The summed E-state index contributed by atoms with van der Waals surface area (Å²) in [7, 11) is 0. The van der Waals surface area contributed by atoms with Gasteiger partial charge in [0.15, 0.2) is 0 Å². The fourth-order valence-corrected chi connectivity index (χ4v) is 0.453. The highest BCUT2D eigenvalue weighted by Gasteiger charge is 1.72. The largest absolute Gasteiger partial charge is 0.399 e. The molecular formula is C8H11NS. The average Bonchev–Trinajstić information content (AvgIpc) is 1.91. The quantitative estimate of drug-likeness (QED) is 0.457. The van der Waals surface area contributed by atoms with Gasteiger partial charge in [-0.05, 0) is 24.4 Å². The molecule has 54 valence electrons. The second kappa shape index (κ2) is 6.23. The summed E-state index contributed by atoms with van der Waals surface area (Å²) in [5.74, 6) is 0. The number of benzene rings is 1. The van der Waals surface area contributed by atoms with Gasteiger partial charge in [0.2, 0.25) is 0 Å². The van der Waals surface area contributed by atoms with Gasteiger partial charge < -0.3 is 5.73 Å². The summed E-state index contributed by atoms with van der Waals surface area (Å²) in [4.78, 5) is 0. The van der Waals surface area contributed by atoms with Crippen LogP contribution in [0.3, 0.4) is 0 Å². The second-order valence-electron chi connectivity index (χ2n) is 1.65. The van der Waals surface area contributed by atoms with Crippen molar-refractivity contribution in [1.29, 1.82) is 0 Å². The third kappa shape index (κ3) is 5.25. The van der Waals surface area contributed by atoms with Crippen LogP contribution in [0.5, 0.6) is 0 Å². The fourth-order valence-electron chi connectivity index (χ4n) is 0.453. The number of anilines is 1. The van der Waals surface area contributed by atoms with Crippen LogP contribution in [0.15, 0.2) is 30.3 Å². The number of hydrogen-bond acceptors (Lipinski definition) is 2. The van der Waals surface area contributed by atoms with E-state index in [9.17, 15) is 0 Å². The molecule has 2 N–H and O–H groups in total. The molecule has 0 aliphatic rings. The lowest BCUT2D eigenvalue weighted by molar-refractivity contribution is 1.69. The summed E-state index contributed by atoms with van der Waals surface area (Å²) in [5.41, 5.74) is 6.18. The average molecular weight is 153 g/mol. The maximum absolute atomic E-state index is 5.36. The maximum Gasteiger partial charge on any atom is 0.0313 e. The molecule has 0 atom stereocenters. The van der Waals surface area contributed by atoms with Crippen molar-refractivity contribution in [1.82, 2.24) is 0 Å². The van der Waals surface area contributed by atoms with Crippen LogP contribution in [0.2, 0.25) is 0 Å². The van der Waals surface area contributed by atoms with Crippen molar-refractivity contribution in [3.63, 3.8) is 0 Å². The Morgan fingerprint density at radius 2 is 1.70 bits per heavy atom. The highest BCUT2D eigenvalue weighted by molar-refractivity contribution is 7.78. The van der Waals surface area contributed by atoms with Crippen molar-refractivity contribution >= 4 is 23.3 Å². The van der Waals surface area contributed by atoms with Gasteiger partial charge in [0, 0.05) is 5.69 Å². The van der Waals surface area contributed by atoms with E-state index in [1.54, 1.807) is 5.37 Å². The van der Waals surface area contributed by atoms with Gasteiger partial charge in [-0.1, -0.05) is 30.4 Å².